The number of aliphatic imine (C=N–C) groups is 1. The lowest BCUT2D eigenvalue weighted by Gasteiger charge is -2.36. The molecule has 0 bridgehead atoms. The van der Waals surface area contributed by atoms with Crippen molar-refractivity contribution in [2.24, 2.45) is 4.99 Å². The van der Waals surface area contributed by atoms with Crippen LogP contribution >= 0.6 is 47.2 Å². The zero-order valence-electron chi connectivity index (χ0n) is 14.6. The van der Waals surface area contributed by atoms with Crippen LogP contribution in [0.25, 0.3) is 0 Å². The SMILES string of the molecule is CCNC(=NCc1ccc(Cl)cc1Cl)NCC1(OC)CCOCC1.I. The minimum Gasteiger partial charge on any atom is -0.381 e. The van der Waals surface area contributed by atoms with Crippen LogP contribution in [0.3, 0.4) is 0 Å². The van der Waals surface area contributed by atoms with Gasteiger partial charge in [0.15, 0.2) is 5.96 Å². The smallest absolute Gasteiger partial charge is 0.191 e. The molecule has 1 aliphatic heterocycles. The predicted molar refractivity (Wildman–Crippen MR) is 114 cm³/mol. The van der Waals surface area contributed by atoms with Crippen LogP contribution in [0.1, 0.15) is 25.3 Å². The van der Waals surface area contributed by atoms with Crippen molar-refractivity contribution >= 4 is 53.1 Å². The molecule has 1 aliphatic rings. The van der Waals surface area contributed by atoms with Crippen LogP contribution in [0.15, 0.2) is 23.2 Å². The van der Waals surface area contributed by atoms with Crippen molar-refractivity contribution < 1.29 is 9.47 Å². The largest absolute Gasteiger partial charge is 0.381 e. The summed E-state index contributed by atoms with van der Waals surface area (Å²) < 4.78 is 11.2. The first kappa shape index (κ1) is 22.8. The van der Waals surface area contributed by atoms with Crippen molar-refractivity contribution in [3.05, 3.63) is 33.8 Å². The number of rotatable bonds is 6. The highest BCUT2D eigenvalue weighted by Gasteiger charge is 2.32. The summed E-state index contributed by atoms with van der Waals surface area (Å²) in [5, 5.41) is 7.87. The first-order valence-corrected chi connectivity index (χ1v) is 8.93. The highest BCUT2D eigenvalue weighted by atomic mass is 127. The normalized spacial score (nSPS) is 16.9. The van der Waals surface area contributed by atoms with Gasteiger partial charge in [-0.25, -0.2) is 4.99 Å². The van der Waals surface area contributed by atoms with Crippen LogP contribution in [0.4, 0.5) is 0 Å². The van der Waals surface area contributed by atoms with E-state index in [-0.39, 0.29) is 29.6 Å². The number of methoxy groups -OCH3 is 1. The second-order valence-corrected chi connectivity index (χ2v) is 6.63. The number of ether oxygens (including phenoxy) is 2. The van der Waals surface area contributed by atoms with Crippen LogP contribution < -0.4 is 10.6 Å². The lowest BCUT2D eigenvalue weighted by molar-refractivity contribution is -0.0855. The zero-order chi connectivity index (χ0) is 17.4. The number of nitrogens with zero attached hydrogens (tertiary/aromatic N) is 1. The van der Waals surface area contributed by atoms with Crippen molar-refractivity contribution in [2.45, 2.75) is 31.9 Å². The molecular formula is C17H26Cl2IN3O2. The molecule has 1 saturated heterocycles. The van der Waals surface area contributed by atoms with E-state index in [1.165, 1.54) is 0 Å². The summed E-state index contributed by atoms with van der Waals surface area (Å²) in [6, 6.07) is 5.45. The summed E-state index contributed by atoms with van der Waals surface area (Å²) >= 11 is 12.1. The van der Waals surface area contributed by atoms with E-state index >= 15 is 0 Å². The van der Waals surface area contributed by atoms with Gasteiger partial charge >= 0.3 is 0 Å². The summed E-state index contributed by atoms with van der Waals surface area (Å²) in [6.45, 7) is 5.44. The van der Waals surface area contributed by atoms with Gasteiger partial charge in [-0.05, 0) is 24.6 Å². The first-order chi connectivity index (χ1) is 11.6. The van der Waals surface area contributed by atoms with E-state index in [0.717, 1.165) is 44.1 Å². The zero-order valence-corrected chi connectivity index (χ0v) is 18.5. The summed E-state index contributed by atoms with van der Waals surface area (Å²) in [7, 11) is 1.75. The molecule has 1 aromatic rings. The average Bonchev–Trinajstić information content (AvgIpc) is 2.59. The van der Waals surface area contributed by atoms with Gasteiger partial charge in [0.25, 0.3) is 0 Å². The van der Waals surface area contributed by atoms with Crippen molar-refractivity contribution in [3.63, 3.8) is 0 Å². The average molecular weight is 502 g/mol. The number of nitrogens with one attached hydrogen (secondary N) is 2. The van der Waals surface area contributed by atoms with Crippen LogP contribution in [-0.2, 0) is 16.0 Å². The molecule has 8 heteroatoms. The van der Waals surface area contributed by atoms with E-state index in [9.17, 15) is 0 Å². The summed E-state index contributed by atoms with van der Waals surface area (Å²) in [6.07, 6.45) is 1.75. The minimum atomic E-state index is -0.202. The molecule has 0 unspecified atom stereocenters. The topological polar surface area (TPSA) is 54.9 Å². The van der Waals surface area contributed by atoms with Crippen molar-refractivity contribution in [2.75, 3.05) is 33.4 Å². The number of guanidine groups is 1. The van der Waals surface area contributed by atoms with Gasteiger partial charge in [-0.2, -0.15) is 0 Å². The fourth-order valence-corrected chi connectivity index (χ4v) is 3.07. The molecule has 2 rings (SSSR count). The molecule has 1 fully saturated rings. The summed E-state index contributed by atoms with van der Waals surface area (Å²) in [4.78, 5) is 4.60. The molecule has 142 valence electrons. The Morgan fingerprint density at radius 3 is 2.60 bits per heavy atom. The fourth-order valence-electron chi connectivity index (χ4n) is 2.60. The Kier molecular flexibility index (Phi) is 10.4. The third-order valence-electron chi connectivity index (χ3n) is 4.18. The Morgan fingerprint density at radius 2 is 2.00 bits per heavy atom. The van der Waals surface area contributed by atoms with E-state index in [1.54, 1.807) is 13.2 Å². The molecule has 25 heavy (non-hydrogen) atoms. The highest BCUT2D eigenvalue weighted by molar-refractivity contribution is 14.0. The van der Waals surface area contributed by atoms with Gasteiger partial charge < -0.3 is 20.1 Å². The second-order valence-electron chi connectivity index (χ2n) is 5.78. The number of benzene rings is 1. The van der Waals surface area contributed by atoms with Crippen LogP contribution in [0.5, 0.6) is 0 Å². The molecule has 0 radical (unpaired) electrons. The molecule has 0 aliphatic carbocycles. The molecule has 0 amide bonds. The van der Waals surface area contributed by atoms with Gasteiger partial charge in [0.1, 0.15) is 0 Å². The lowest BCUT2D eigenvalue weighted by atomic mass is 9.94. The van der Waals surface area contributed by atoms with Crippen LogP contribution in [0.2, 0.25) is 10.0 Å². The van der Waals surface area contributed by atoms with E-state index in [0.29, 0.717) is 23.1 Å². The molecule has 5 nitrogen and oxygen atoms in total. The predicted octanol–water partition coefficient (Wildman–Crippen LogP) is 3.86. The maximum Gasteiger partial charge on any atom is 0.191 e. The highest BCUT2D eigenvalue weighted by Crippen LogP contribution is 2.24. The van der Waals surface area contributed by atoms with E-state index in [2.05, 4.69) is 15.6 Å². The van der Waals surface area contributed by atoms with Gasteiger partial charge in [-0.15, -0.1) is 24.0 Å². The van der Waals surface area contributed by atoms with Crippen LogP contribution in [-0.4, -0.2) is 45.0 Å². The van der Waals surface area contributed by atoms with E-state index in [4.69, 9.17) is 32.7 Å². The summed E-state index contributed by atoms with van der Waals surface area (Å²) in [5.74, 6) is 0.742. The lowest BCUT2D eigenvalue weighted by Crippen LogP contribution is -2.50. The Balaban J connectivity index is 0.00000312. The second kappa shape index (κ2) is 11.4. The Morgan fingerprint density at radius 1 is 1.28 bits per heavy atom. The van der Waals surface area contributed by atoms with Crippen molar-refractivity contribution in [3.8, 4) is 0 Å². The summed E-state index contributed by atoms with van der Waals surface area (Å²) in [5.41, 5.74) is 0.734. The quantitative estimate of drug-likeness (QED) is 0.353. The van der Waals surface area contributed by atoms with Gasteiger partial charge in [-0.3, -0.25) is 0 Å². The molecule has 1 heterocycles. The van der Waals surface area contributed by atoms with E-state index in [1.807, 2.05) is 19.1 Å². The number of hydrogen-bond acceptors (Lipinski definition) is 3. The molecule has 1 aromatic carbocycles. The molecular weight excluding hydrogens is 476 g/mol. The van der Waals surface area contributed by atoms with Crippen molar-refractivity contribution in [1.82, 2.24) is 10.6 Å². The molecule has 0 aromatic heterocycles. The maximum atomic E-state index is 6.21. The number of halogens is 3. The molecule has 0 saturated carbocycles. The molecule has 0 atom stereocenters. The van der Waals surface area contributed by atoms with Gasteiger partial charge in [0.2, 0.25) is 0 Å². The van der Waals surface area contributed by atoms with E-state index < -0.39 is 0 Å². The monoisotopic (exact) mass is 501 g/mol. The van der Waals surface area contributed by atoms with Gasteiger partial charge in [0, 0.05) is 56.3 Å². The van der Waals surface area contributed by atoms with Crippen LogP contribution in [0, 0.1) is 0 Å². The third kappa shape index (κ3) is 7.09. The first-order valence-electron chi connectivity index (χ1n) is 8.17. The Labute approximate surface area is 176 Å². The molecule has 2 N–H and O–H groups in total. The van der Waals surface area contributed by atoms with Gasteiger partial charge in [0.05, 0.1) is 12.1 Å². The molecule has 0 spiro atoms. The third-order valence-corrected chi connectivity index (χ3v) is 4.77. The standard InChI is InChI=1S/C17H25Cl2N3O2.HI/c1-3-20-16(21-11-13-4-5-14(18)10-15(13)19)22-12-17(23-2)6-8-24-9-7-17;/h4-5,10H,3,6-9,11-12H2,1-2H3,(H2,20,21,22);1H. The maximum absolute atomic E-state index is 6.21. The van der Waals surface area contributed by atoms with Crippen molar-refractivity contribution in [1.29, 1.82) is 0 Å². The number of hydrogen-bond donors (Lipinski definition) is 2. The Hall–Kier alpha value is -0.280. The Bertz CT molecular complexity index is 567. The fraction of sp³-hybridized carbons (Fsp3) is 0.588. The van der Waals surface area contributed by atoms with Gasteiger partial charge in [-0.1, -0.05) is 29.3 Å². The minimum absolute atomic E-state index is 0.